The molecule has 0 aliphatic carbocycles. The number of halogens is 1. The molecule has 0 unspecified atom stereocenters. The Bertz CT molecular complexity index is 1480. The maximum absolute atomic E-state index is 13.1. The molecule has 0 spiro atoms. The van der Waals surface area contributed by atoms with Gasteiger partial charge in [0.25, 0.3) is 0 Å². The molecule has 3 aromatic carbocycles. The van der Waals surface area contributed by atoms with E-state index in [0.717, 1.165) is 22.5 Å². The number of aromatic nitrogens is 1. The fraction of sp³-hybridized carbons (Fsp3) is 0.269. The van der Waals surface area contributed by atoms with Crippen molar-refractivity contribution in [1.29, 1.82) is 0 Å². The lowest BCUT2D eigenvalue weighted by Crippen LogP contribution is -2.27. The quantitative estimate of drug-likeness (QED) is 0.338. The van der Waals surface area contributed by atoms with E-state index < -0.39 is 16.1 Å². The Morgan fingerprint density at radius 2 is 1.65 bits per heavy atom. The van der Waals surface area contributed by atoms with E-state index in [1.165, 1.54) is 5.56 Å². The zero-order valence-electron chi connectivity index (χ0n) is 19.5. The first kappa shape index (κ1) is 24.7. The Hall–Kier alpha value is -2.45. The smallest absolute Gasteiger partial charge is 0.294 e. The van der Waals surface area contributed by atoms with E-state index in [-0.39, 0.29) is 15.2 Å². The van der Waals surface area contributed by atoms with Gasteiger partial charge in [-0.05, 0) is 59.4 Å². The van der Waals surface area contributed by atoms with Crippen LogP contribution in [-0.2, 0) is 22.0 Å². The molecule has 0 radical (unpaired) electrons. The average Bonchev–Trinajstić information content (AvgIpc) is 3.08. The molecule has 8 heteroatoms. The summed E-state index contributed by atoms with van der Waals surface area (Å²) in [6.45, 7) is 8.63. The lowest BCUT2D eigenvalue weighted by atomic mass is 9.86. The van der Waals surface area contributed by atoms with Crippen LogP contribution in [0.1, 0.15) is 50.4 Å². The Morgan fingerprint density at radius 1 is 1.00 bits per heavy atom. The predicted octanol–water partition coefficient (Wildman–Crippen LogP) is 6.10. The lowest BCUT2D eigenvalue weighted by Gasteiger charge is -2.20. The molecule has 34 heavy (non-hydrogen) atoms. The summed E-state index contributed by atoms with van der Waals surface area (Å²) in [5.41, 5.74) is 3.75. The molecule has 0 saturated heterocycles. The summed E-state index contributed by atoms with van der Waals surface area (Å²) >= 11 is 6.99. The van der Waals surface area contributed by atoms with Gasteiger partial charge < -0.3 is 0 Å². The zero-order valence-corrected chi connectivity index (χ0v) is 21.9. The van der Waals surface area contributed by atoms with Gasteiger partial charge in [-0.1, -0.05) is 80.1 Å². The van der Waals surface area contributed by atoms with E-state index in [4.69, 9.17) is 11.6 Å². The Kier molecular flexibility index (Phi) is 6.75. The predicted molar refractivity (Wildman–Crippen MR) is 141 cm³/mol. The summed E-state index contributed by atoms with van der Waals surface area (Å²) in [6.07, 6.45) is 0. The van der Waals surface area contributed by atoms with Gasteiger partial charge in [0.2, 0.25) is 10.0 Å². The van der Waals surface area contributed by atoms with E-state index >= 15 is 0 Å². The van der Waals surface area contributed by atoms with Crippen LogP contribution in [0.5, 0.6) is 0 Å². The fourth-order valence-corrected chi connectivity index (χ4v) is 6.16. The molecule has 0 aliphatic heterocycles. The van der Waals surface area contributed by atoms with Crippen molar-refractivity contribution in [3.63, 3.8) is 0 Å². The van der Waals surface area contributed by atoms with Crippen LogP contribution in [0.2, 0.25) is 5.02 Å². The summed E-state index contributed by atoms with van der Waals surface area (Å²) < 4.78 is 31.2. The number of fused-ring (bicyclic) bond motifs is 1. The van der Waals surface area contributed by atoms with Gasteiger partial charge in [-0.3, -0.25) is 9.36 Å². The maximum Gasteiger partial charge on any atom is 0.308 e. The van der Waals surface area contributed by atoms with Gasteiger partial charge in [0, 0.05) is 11.1 Å². The Labute approximate surface area is 209 Å². The van der Waals surface area contributed by atoms with Crippen LogP contribution in [-0.4, -0.2) is 13.0 Å². The normalized spacial score (nSPS) is 13.3. The van der Waals surface area contributed by atoms with Gasteiger partial charge >= 0.3 is 4.87 Å². The third kappa shape index (κ3) is 5.28. The number of benzene rings is 3. The van der Waals surface area contributed by atoms with Crippen molar-refractivity contribution in [3.8, 4) is 0 Å². The highest BCUT2D eigenvalue weighted by atomic mass is 35.5. The minimum absolute atomic E-state index is 0.0300. The Balaban J connectivity index is 1.57. The third-order valence-corrected chi connectivity index (χ3v) is 8.54. The van der Waals surface area contributed by atoms with Crippen LogP contribution >= 0.6 is 22.9 Å². The summed E-state index contributed by atoms with van der Waals surface area (Å²) in [7, 11) is -3.77. The highest BCUT2D eigenvalue weighted by Gasteiger charge is 2.21. The van der Waals surface area contributed by atoms with Gasteiger partial charge in [0.1, 0.15) is 0 Å². The molecule has 0 bridgehead atoms. The molecule has 1 heterocycles. The molecule has 0 saturated carbocycles. The van der Waals surface area contributed by atoms with E-state index in [9.17, 15) is 13.2 Å². The first-order chi connectivity index (χ1) is 15.9. The van der Waals surface area contributed by atoms with Crippen LogP contribution in [0.25, 0.3) is 10.2 Å². The molecule has 4 rings (SSSR count). The summed E-state index contributed by atoms with van der Waals surface area (Å²) in [5.74, 6) is 0. The first-order valence-electron chi connectivity index (χ1n) is 10.9. The van der Waals surface area contributed by atoms with Gasteiger partial charge in [0.05, 0.1) is 21.7 Å². The van der Waals surface area contributed by atoms with E-state index in [1.807, 2.05) is 43.3 Å². The first-order valence-corrected chi connectivity index (χ1v) is 13.6. The molecule has 0 aliphatic rings. The summed E-state index contributed by atoms with van der Waals surface area (Å²) in [6, 6.07) is 19.7. The van der Waals surface area contributed by atoms with Gasteiger partial charge in [-0.25, -0.2) is 13.1 Å². The number of hydrogen-bond donors (Lipinski definition) is 1. The molecule has 1 atom stereocenters. The van der Waals surface area contributed by atoms with Crippen molar-refractivity contribution in [2.75, 3.05) is 0 Å². The molecule has 4 aromatic rings. The van der Waals surface area contributed by atoms with Crippen LogP contribution in [0.4, 0.5) is 0 Å². The maximum atomic E-state index is 13.1. The third-order valence-electron chi connectivity index (χ3n) is 5.81. The van der Waals surface area contributed by atoms with Gasteiger partial charge in [0.15, 0.2) is 0 Å². The molecule has 0 fully saturated rings. The fourth-order valence-electron chi connectivity index (χ4n) is 3.78. The largest absolute Gasteiger partial charge is 0.308 e. The number of hydrogen-bond acceptors (Lipinski definition) is 4. The summed E-state index contributed by atoms with van der Waals surface area (Å²) in [4.78, 5) is 12.6. The van der Waals surface area contributed by atoms with Gasteiger partial charge in [-0.15, -0.1) is 0 Å². The van der Waals surface area contributed by atoms with E-state index in [1.54, 1.807) is 34.9 Å². The van der Waals surface area contributed by atoms with Crippen molar-refractivity contribution in [2.45, 2.75) is 50.6 Å². The van der Waals surface area contributed by atoms with Crippen molar-refractivity contribution in [2.24, 2.45) is 0 Å². The molecular weight excluding hydrogens is 488 g/mol. The second-order valence-electron chi connectivity index (χ2n) is 9.43. The molecule has 0 amide bonds. The number of rotatable bonds is 6. The lowest BCUT2D eigenvalue weighted by molar-refractivity contribution is 0.566. The number of thiazole rings is 1. The van der Waals surface area contributed by atoms with Crippen LogP contribution in [0.15, 0.2) is 76.4 Å². The van der Waals surface area contributed by atoms with Crippen molar-refractivity contribution >= 4 is 43.2 Å². The highest BCUT2D eigenvalue weighted by Crippen LogP contribution is 2.26. The molecular formula is C26H27ClN2O3S2. The van der Waals surface area contributed by atoms with Crippen molar-refractivity contribution in [3.05, 3.63) is 98.1 Å². The van der Waals surface area contributed by atoms with E-state index in [0.29, 0.717) is 21.8 Å². The average molecular weight is 515 g/mol. The molecule has 1 N–H and O–H groups in total. The molecule has 1 aromatic heterocycles. The van der Waals surface area contributed by atoms with Crippen molar-refractivity contribution in [1.82, 2.24) is 9.29 Å². The van der Waals surface area contributed by atoms with Gasteiger partial charge in [-0.2, -0.15) is 0 Å². The van der Waals surface area contributed by atoms with Crippen molar-refractivity contribution < 1.29 is 8.42 Å². The molecule has 178 valence electrons. The molecule has 5 nitrogen and oxygen atoms in total. The van der Waals surface area contributed by atoms with E-state index in [2.05, 4.69) is 25.5 Å². The second kappa shape index (κ2) is 9.30. The second-order valence-corrected chi connectivity index (χ2v) is 12.6. The van der Waals surface area contributed by atoms with Crippen LogP contribution < -0.4 is 9.60 Å². The monoisotopic (exact) mass is 514 g/mol. The zero-order chi connectivity index (χ0) is 24.7. The number of nitrogens with one attached hydrogen (secondary N) is 1. The standard InChI is InChI=1S/C26H27ClN2O3S2/c1-17(19-7-9-20(10-8-19)26(2,3)4)28-34(31,32)22-13-14-23-24(15-22)33-25(30)29(23)16-18-5-11-21(27)12-6-18/h5-15,17,28H,16H2,1-4H3/t17-/m1/s1. The number of sulfonamides is 1. The minimum Gasteiger partial charge on any atom is -0.294 e. The van der Waals surface area contributed by atoms with Crippen LogP contribution in [0, 0.1) is 0 Å². The Morgan fingerprint density at radius 3 is 2.26 bits per heavy atom. The minimum atomic E-state index is -3.77. The highest BCUT2D eigenvalue weighted by molar-refractivity contribution is 7.89. The summed E-state index contributed by atoms with van der Waals surface area (Å²) in [5, 5.41) is 0.632. The van der Waals surface area contributed by atoms with Crippen LogP contribution in [0.3, 0.4) is 0 Å². The number of nitrogens with zero attached hydrogens (tertiary/aromatic N) is 1. The SMILES string of the molecule is C[C@@H](NS(=O)(=O)c1ccc2c(c1)sc(=O)n2Cc1ccc(Cl)cc1)c1ccc(C(C)(C)C)cc1. The topological polar surface area (TPSA) is 68.2 Å².